The van der Waals surface area contributed by atoms with Gasteiger partial charge in [0.05, 0.1) is 12.3 Å². The number of nitrogens with one attached hydrogen (secondary N) is 1. The molecule has 1 aromatic heterocycles. The second-order valence-corrected chi connectivity index (χ2v) is 7.40. The molecule has 1 heterocycles. The Bertz CT molecular complexity index is 846. The van der Waals surface area contributed by atoms with Gasteiger partial charge in [0, 0.05) is 50.8 Å². The third kappa shape index (κ3) is 6.35. The average Bonchev–Trinajstić information content (AvgIpc) is 3.12. The molecule has 156 valence electrons. The van der Waals surface area contributed by atoms with Crippen molar-refractivity contribution in [1.29, 1.82) is 0 Å². The van der Waals surface area contributed by atoms with Crippen LogP contribution in [0.25, 0.3) is 0 Å². The van der Waals surface area contributed by atoms with Gasteiger partial charge in [-0.15, -0.1) is 0 Å². The van der Waals surface area contributed by atoms with Gasteiger partial charge in [0.25, 0.3) is 5.91 Å². The molecule has 0 unspecified atom stereocenters. The first-order chi connectivity index (χ1) is 13.8. The number of benzene rings is 1. The number of aromatic nitrogens is 2. The Hall–Kier alpha value is -2.81. The maximum Gasteiger partial charge on any atom is 0.254 e. The van der Waals surface area contributed by atoms with Crippen LogP contribution in [0.5, 0.6) is 0 Å². The third-order valence-corrected chi connectivity index (χ3v) is 5.42. The SMILES string of the molecule is CCN(CC)C(=O)CN(C)C(=O)c1ccc(NC(=O)CSc2nccn2C)cc1. The lowest BCUT2D eigenvalue weighted by Crippen LogP contribution is -2.41. The van der Waals surface area contributed by atoms with Crippen molar-refractivity contribution in [3.63, 3.8) is 0 Å². The minimum absolute atomic E-state index is 0.0312. The fourth-order valence-corrected chi connectivity index (χ4v) is 3.42. The van der Waals surface area contributed by atoms with Crippen LogP contribution in [-0.2, 0) is 16.6 Å². The summed E-state index contributed by atoms with van der Waals surface area (Å²) in [6, 6.07) is 6.64. The number of aryl methyl sites for hydroxylation is 1. The van der Waals surface area contributed by atoms with Crippen molar-refractivity contribution < 1.29 is 14.4 Å². The standard InChI is InChI=1S/C20H27N5O3S/c1-5-25(6-2)18(27)13-24(4)19(28)15-7-9-16(10-8-15)22-17(26)14-29-20-21-11-12-23(20)3/h7-12H,5-6,13-14H2,1-4H3,(H,22,26). The molecule has 8 nitrogen and oxygen atoms in total. The van der Waals surface area contributed by atoms with Crippen LogP contribution in [-0.4, -0.2) is 69.5 Å². The zero-order valence-electron chi connectivity index (χ0n) is 17.2. The molecule has 3 amide bonds. The van der Waals surface area contributed by atoms with E-state index >= 15 is 0 Å². The summed E-state index contributed by atoms with van der Waals surface area (Å²) in [6.45, 7) is 5.08. The Morgan fingerprint density at radius 2 is 1.79 bits per heavy atom. The van der Waals surface area contributed by atoms with Gasteiger partial charge >= 0.3 is 0 Å². The topological polar surface area (TPSA) is 87.5 Å². The van der Waals surface area contributed by atoms with Crippen molar-refractivity contribution in [3.8, 4) is 0 Å². The highest BCUT2D eigenvalue weighted by atomic mass is 32.2. The number of thioether (sulfide) groups is 1. The molecule has 9 heteroatoms. The van der Waals surface area contributed by atoms with E-state index in [4.69, 9.17) is 0 Å². The van der Waals surface area contributed by atoms with Crippen LogP contribution in [0.2, 0.25) is 0 Å². The number of hydrogen-bond acceptors (Lipinski definition) is 5. The molecule has 0 bridgehead atoms. The zero-order chi connectivity index (χ0) is 21.4. The molecule has 1 aromatic carbocycles. The highest BCUT2D eigenvalue weighted by molar-refractivity contribution is 7.99. The molecule has 0 aliphatic carbocycles. The number of anilines is 1. The van der Waals surface area contributed by atoms with Crippen LogP contribution >= 0.6 is 11.8 Å². The predicted molar refractivity (Wildman–Crippen MR) is 114 cm³/mol. The van der Waals surface area contributed by atoms with Crippen LogP contribution < -0.4 is 5.32 Å². The number of amides is 3. The largest absolute Gasteiger partial charge is 0.342 e. The fourth-order valence-electron chi connectivity index (χ4n) is 2.69. The van der Waals surface area contributed by atoms with E-state index in [9.17, 15) is 14.4 Å². The van der Waals surface area contributed by atoms with Crippen molar-refractivity contribution in [2.45, 2.75) is 19.0 Å². The van der Waals surface area contributed by atoms with Gasteiger partial charge in [0.2, 0.25) is 11.8 Å². The van der Waals surface area contributed by atoms with E-state index < -0.39 is 0 Å². The summed E-state index contributed by atoms with van der Waals surface area (Å²) in [5.41, 5.74) is 1.06. The van der Waals surface area contributed by atoms with E-state index in [0.29, 0.717) is 24.3 Å². The van der Waals surface area contributed by atoms with Gasteiger partial charge in [-0.25, -0.2) is 4.98 Å². The first kappa shape index (κ1) is 22.5. The molecule has 1 N–H and O–H groups in total. The summed E-state index contributed by atoms with van der Waals surface area (Å²) < 4.78 is 1.85. The summed E-state index contributed by atoms with van der Waals surface area (Å²) in [4.78, 5) is 44.1. The third-order valence-electron chi connectivity index (χ3n) is 4.36. The molecule has 0 saturated carbocycles. The Labute approximate surface area is 175 Å². The van der Waals surface area contributed by atoms with Crippen molar-refractivity contribution in [3.05, 3.63) is 42.2 Å². The maximum absolute atomic E-state index is 12.5. The van der Waals surface area contributed by atoms with Crippen molar-refractivity contribution >= 4 is 35.2 Å². The fraction of sp³-hybridized carbons (Fsp3) is 0.400. The quantitative estimate of drug-likeness (QED) is 0.631. The normalized spacial score (nSPS) is 10.5. The molecule has 0 saturated heterocycles. The van der Waals surface area contributed by atoms with Gasteiger partial charge in [-0.05, 0) is 38.1 Å². The van der Waals surface area contributed by atoms with Crippen molar-refractivity contribution in [2.24, 2.45) is 7.05 Å². The van der Waals surface area contributed by atoms with Gasteiger partial charge in [-0.1, -0.05) is 11.8 Å². The summed E-state index contributed by atoms with van der Waals surface area (Å²) in [5, 5.41) is 3.57. The van der Waals surface area contributed by atoms with Gasteiger partial charge in [0.1, 0.15) is 0 Å². The number of likely N-dealkylation sites (N-methyl/N-ethyl adjacent to an activating group) is 2. The van der Waals surface area contributed by atoms with E-state index in [1.807, 2.05) is 31.7 Å². The van der Waals surface area contributed by atoms with E-state index in [0.717, 1.165) is 5.16 Å². The highest BCUT2D eigenvalue weighted by Crippen LogP contribution is 2.16. The van der Waals surface area contributed by atoms with Gasteiger partial charge < -0.3 is 19.7 Å². The Kier molecular flexibility index (Phi) is 8.26. The van der Waals surface area contributed by atoms with Crippen molar-refractivity contribution in [1.82, 2.24) is 19.4 Å². The van der Waals surface area contributed by atoms with Gasteiger partial charge in [0.15, 0.2) is 5.16 Å². The van der Waals surface area contributed by atoms with Gasteiger partial charge in [-0.3, -0.25) is 14.4 Å². The second kappa shape index (κ2) is 10.7. The lowest BCUT2D eigenvalue weighted by Gasteiger charge is -2.23. The van der Waals surface area contributed by atoms with E-state index in [1.54, 1.807) is 42.4 Å². The minimum Gasteiger partial charge on any atom is -0.342 e. The Morgan fingerprint density at radius 3 is 2.34 bits per heavy atom. The van der Waals surface area contributed by atoms with Crippen LogP contribution in [0.4, 0.5) is 5.69 Å². The molecule has 2 rings (SSSR count). The molecule has 0 fully saturated rings. The highest BCUT2D eigenvalue weighted by Gasteiger charge is 2.18. The van der Waals surface area contributed by atoms with Crippen LogP contribution in [0.3, 0.4) is 0 Å². The van der Waals surface area contributed by atoms with E-state index in [-0.39, 0.29) is 30.0 Å². The molecule has 2 aromatic rings. The summed E-state index contributed by atoms with van der Waals surface area (Å²) in [5.74, 6) is -0.241. The van der Waals surface area contributed by atoms with Crippen molar-refractivity contribution in [2.75, 3.05) is 37.8 Å². The number of imidazole rings is 1. The molecule has 0 aliphatic heterocycles. The summed E-state index contributed by atoms with van der Waals surface area (Å²) >= 11 is 1.35. The second-order valence-electron chi connectivity index (χ2n) is 6.46. The molecule has 0 atom stereocenters. The molecule has 29 heavy (non-hydrogen) atoms. The number of nitrogens with zero attached hydrogens (tertiary/aromatic N) is 4. The first-order valence-corrected chi connectivity index (χ1v) is 10.4. The molecule has 0 spiro atoms. The molecular weight excluding hydrogens is 390 g/mol. The summed E-state index contributed by atoms with van der Waals surface area (Å²) in [7, 11) is 3.48. The lowest BCUT2D eigenvalue weighted by atomic mass is 10.2. The molecular formula is C20H27N5O3S. The van der Waals surface area contributed by atoms with Crippen LogP contribution in [0.1, 0.15) is 24.2 Å². The smallest absolute Gasteiger partial charge is 0.254 e. The first-order valence-electron chi connectivity index (χ1n) is 9.39. The molecule has 0 aliphatic rings. The molecule has 0 radical (unpaired) electrons. The van der Waals surface area contributed by atoms with Crippen LogP contribution in [0, 0.1) is 0 Å². The number of hydrogen-bond donors (Lipinski definition) is 1. The predicted octanol–water partition coefficient (Wildman–Crippen LogP) is 2.09. The van der Waals surface area contributed by atoms with E-state index in [2.05, 4.69) is 10.3 Å². The minimum atomic E-state index is -0.242. The Balaban J connectivity index is 1.88. The van der Waals surface area contributed by atoms with Gasteiger partial charge in [-0.2, -0.15) is 0 Å². The Morgan fingerprint density at radius 1 is 1.14 bits per heavy atom. The summed E-state index contributed by atoms with van der Waals surface area (Å²) in [6.07, 6.45) is 3.51. The van der Waals surface area contributed by atoms with Crippen LogP contribution in [0.15, 0.2) is 41.8 Å². The average molecular weight is 418 g/mol. The maximum atomic E-state index is 12.5. The lowest BCUT2D eigenvalue weighted by molar-refractivity contribution is -0.131. The number of carbonyl (C=O) groups is 3. The zero-order valence-corrected chi connectivity index (χ0v) is 18.0. The van der Waals surface area contributed by atoms with E-state index in [1.165, 1.54) is 16.7 Å². The number of carbonyl (C=O) groups excluding carboxylic acids is 3. The monoisotopic (exact) mass is 417 g/mol. The number of rotatable bonds is 9.